The molecular formula is C13H14BrN3S. The predicted octanol–water partition coefficient (Wildman–Crippen LogP) is 3.61. The third kappa shape index (κ3) is 1.91. The average Bonchev–Trinajstić information content (AvgIpc) is 2.80. The minimum atomic E-state index is 0.343. The normalized spacial score (nSPS) is 18.8. The maximum atomic E-state index is 6.08. The Hall–Kier alpha value is -1.07. The highest BCUT2D eigenvalue weighted by Crippen LogP contribution is 2.37. The fourth-order valence-electron chi connectivity index (χ4n) is 2.49. The highest BCUT2D eigenvalue weighted by atomic mass is 79.9. The zero-order valence-electron chi connectivity index (χ0n) is 10.1. The first kappa shape index (κ1) is 12.0. The van der Waals surface area contributed by atoms with Crippen LogP contribution in [0.15, 0.2) is 28.2 Å². The van der Waals surface area contributed by atoms with Crippen molar-refractivity contribution < 1.29 is 0 Å². The van der Waals surface area contributed by atoms with Crippen LogP contribution < -0.4 is 10.6 Å². The smallest absolute Gasteiger partial charge is 0.152 e. The molecule has 3 rings (SSSR count). The molecule has 5 heteroatoms. The van der Waals surface area contributed by atoms with Crippen molar-refractivity contribution in [1.82, 2.24) is 4.98 Å². The molecule has 1 aliphatic heterocycles. The van der Waals surface area contributed by atoms with Gasteiger partial charge in [0.2, 0.25) is 0 Å². The molecule has 3 nitrogen and oxygen atoms in total. The number of nitrogens with two attached hydrogens (primary N) is 1. The van der Waals surface area contributed by atoms with Crippen LogP contribution in [0, 0.1) is 0 Å². The summed E-state index contributed by atoms with van der Waals surface area (Å²) in [6, 6.07) is 4.47. The number of hydrogen-bond acceptors (Lipinski definition) is 4. The van der Waals surface area contributed by atoms with Crippen molar-refractivity contribution in [2.75, 3.05) is 17.2 Å². The summed E-state index contributed by atoms with van der Waals surface area (Å²) in [6.07, 6.45) is 2.88. The maximum absolute atomic E-state index is 6.08. The third-order valence-corrected chi connectivity index (χ3v) is 4.84. The Kier molecular flexibility index (Phi) is 3.03. The highest BCUT2D eigenvalue weighted by molar-refractivity contribution is 9.10. The number of aromatic nitrogens is 1. The lowest BCUT2D eigenvalue weighted by Crippen LogP contribution is -2.34. The van der Waals surface area contributed by atoms with E-state index in [0.717, 1.165) is 28.9 Å². The molecule has 0 bridgehead atoms. The summed E-state index contributed by atoms with van der Waals surface area (Å²) in [4.78, 5) is 8.25. The van der Waals surface area contributed by atoms with E-state index in [0.29, 0.717) is 6.04 Å². The van der Waals surface area contributed by atoms with Crippen LogP contribution in [0.4, 0.5) is 11.5 Å². The topological polar surface area (TPSA) is 42.2 Å². The standard InChI is InChI=1S/C13H14BrN3S/c1-8-10-3-5-18-12(10)2-4-17(8)13-11(15)6-9(14)7-16-13/h3,5-8H,2,4,15H2,1H3. The van der Waals surface area contributed by atoms with Gasteiger partial charge in [0.15, 0.2) is 5.82 Å². The van der Waals surface area contributed by atoms with Gasteiger partial charge in [-0.25, -0.2) is 4.98 Å². The lowest BCUT2D eigenvalue weighted by molar-refractivity contribution is 0.626. The summed E-state index contributed by atoms with van der Waals surface area (Å²) in [5.74, 6) is 0.891. The summed E-state index contributed by atoms with van der Waals surface area (Å²) >= 11 is 5.24. The largest absolute Gasteiger partial charge is 0.396 e. The van der Waals surface area contributed by atoms with E-state index < -0.39 is 0 Å². The monoisotopic (exact) mass is 323 g/mol. The molecule has 0 aliphatic carbocycles. The van der Waals surface area contributed by atoms with Gasteiger partial charge < -0.3 is 10.6 Å². The second-order valence-corrected chi connectivity index (χ2v) is 6.40. The number of nitrogens with zero attached hydrogens (tertiary/aromatic N) is 2. The van der Waals surface area contributed by atoms with Crippen molar-refractivity contribution in [3.63, 3.8) is 0 Å². The molecule has 2 aromatic rings. The van der Waals surface area contributed by atoms with Crippen molar-refractivity contribution in [3.8, 4) is 0 Å². The van der Waals surface area contributed by atoms with Crippen LogP contribution in [0.1, 0.15) is 23.4 Å². The molecule has 2 aromatic heterocycles. The van der Waals surface area contributed by atoms with E-state index in [9.17, 15) is 0 Å². The Morgan fingerprint density at radius 2 is 2.39 bits per heavy atom. The lowest BCUT2D eigenvalue weighted by atomic mass is 10.0. The van der Waals surface area contributed by atoms with Crippen LogP contribution in [-0.4, -0.2) is 11.5 Å². The van der Waals surface area contributed by atoms with E-state index in [-0.39, 0.29) is 0 Å². The molecule has 0 saturated heterocycles. The van der Waals surface area contributed by atoms with Crippen LogP contribution >= 0.6 is 27.3 Å². The van der Waals surface area contributed by atoms with Gasteiger partial charge in [-0.2, -0.15) is 0 Å². The van der Waals surface area contributed by atoms with E-state index in [1.165, 1.54) is 10.4 Å². The first-order chi connectivity index (χ1) is 8.66. The number of thiophene rings is 1. The number of anilines is 2. The number of rotatable bonds is 1. The Morgan fingerprint density at radius 3 is 3.17 bits per heavy atom. The van der Waals surface area contributed by atoms with Crippen molar-refractivity contribution in [2.45, 2.75) is 19.4 Å². The van der Waals surface area contributed by atoms with Gasteiger partial charge in [0.25, 0.3) is 0 Å². The first-order valence-electron chi connectivity index (χ1n) is 5.90. The molecule has 18 heavy (non-hydrogen) atoms. The molecule has 1 aliphatic rings. The lowest BCUT2D eigenvalue weighted by Gasteiger charge is -2.35. The van der Waals surface area contributed by atoms with Gasteiger partial charge in [0, 0.05) is 22.1 Å². The number of hydrogen-bond donors (Lipinski definition) is 1. The molecule has 3 heterocycles. The molecule has 0 fully saturated rings. The molecule has 0 radical (unpaired) electrons. The molecule has 0 spiro atoms. The van der Waals surface area contributed by atoms with E-state index in [4.69, 9.17) is 5.73 Å². The molecular weight excluding hydrogens is 310 g/mol. The van der Waals surface area contributed by atoms with Crippen LogP contribution in [0.25, 0.3) is 0 Å². The van der Waals surface area contributed by atoms with E-state index in [2.05, 4.69) is 44.2 Å². The van der Waals surface area contributed by atoms with Crippen molar-refractivity contribution >= 4 is 38.8 Å². The summed E-state index contributed by atoms with van der Waals surface area (Å²) in [7, 11) is 0. The second kappa shape index (κ2) is 4.55. The fourth-order valence-corrected chi connectivity index (χ4v) is 3.80. The summed E-state index contributed by atoms with van der Waals surface area (Å²) in [5, 5.41) is 2.17. The highest BCUT2D eigenvalue weighted by Gasteiger charge is 2.26. The SMILES string of the molecule is CC1c2ccsc2CCN1c1ncc(Br)cc1N. The Morgan fingerprint density at radius 1 is 1.56 bits per heavy atom. The summed E-state index contributed by atoms with van der Waals surface area (Å²) < 4.78 is 0.921. The van der Waals surface area contributed by atoms with Crippen LogP contribution in [0.3, 0.4) is 0 Å². The van der Waals surface area contributed by atoms with E-state index in [1.54, 1.807) is 0 Å². The molecule has 1 unspecified atom stereocenters. The van der Waals surface area contributed by atoms with Gasteiger partial charge in [0.1, 0.15) is 0 Å². The zero-order chi connectivity index (χ0) is 12.7. The Balaban J connectivity index is 1.99. The fraction of sp³-hybridized carbons (Fsp3) is 0.308. The van der Waals surface area contributed by atoms with Gasteiger partial charge in [-0.3, -0.25) is 0 Å². The van der Waals surface area contributed by atoms with Gasteiger partial charge in [0.05, 0.1) is 11.7 Å². The molecule has 0 saturated carbocycles. The Labute approximate surface area is 119 Å². The van der Waals surface area contributed by atoms with Gasteiger partial charge in [-0.1, -0.05) is 0 Å². The van der Waals surface area contributed by atoms with Crippen molar-refractivity contribution in [3.05, 3.63) is 38.6 Å². The van der Waals surface area contributed by atoms with Gasteiger partial charge >= 0.3 is 0 Å². The first-order valence-corrected chi connectivity index (χ1v) is 7.58. The predicted molar refractivity (Wildman–Crippen MR) is 80.1 cm³/mol. The molecule has 2 N–H and O–H groups in total. The molecule has 94 valence electrons. The van der Waals surface area contributed by atoms with E-state index >= 15 is 0 Å². The number of pyridine rings is 1. The van der Waals surface area contributed by atoms with Gasteiger partial charge in [-0.05, 0) is 52.4 Å². The number of fused-ring (bicyclic) bond motifs is 1. The van der Waals surface area contributed by atoms with Crippen LogP contribution in [0.2, 0.25) is 0 Å². The minimum absolute atomic E-state index is 0.343. The Bertz CT molecular complexity index is 581. The van der Waals surface area contributed by atoms with E-state index in [1.807, 2.05) is 23.6 Å². The van der Waals surface area contributed by atoms with Gasteiger partial charge in [-0.15, -0.1) is 11.3 Å². The average molecular weight is 324 g/mol. The minimum Gasteiger partial charge on any atom is -0.396 e. The summed E-state index contributed by atoms with van der Waals surface area (Å²) in [5.41, 5.74) is 8.22. The number of nitrogen functional groups attached to an aromatic ring is 1. The molecule has 0 aromatic carbocycles. The van der Waals surface area contributed by atoms with Crippen molar-refractivity contribution in [2.24, 2.45) is 0 Å². The molecule has 0 amide bonds. The van der Waals surface area contributed by atoms with Crippen LogP contribution in [-0.2, 0) is 6.42 Å². The van der Waals surface area contributed by atoms with Crippen molar-refractivity contribution in [1.29, 1.82) is 0 Å². The molecule has 1 atom stereocenters. The maximum Gasteiger partial charge on any atom is 0.152 e. The quantitative estimate of drug-likeness (QED) is 0.871. The van der Waals surface area contributed by atoms with Crippen LogP contribution in [0.5, 0.6) is 0 Å². The summed E-state index contributed by atoms with van der Waals surface area (Å²) in [6.45, 7) is 3.20. The third-order valence-electron chi connectivity index (χ3n) is 3.41. The number of halogens is 1. The zero-order valence-corrected chi connectivity index (χ0v) is 12.5. The second-order valence-electron chi connectivity index (χ2n) is 4.48.